The Bertz CT molecular complexity index is 450. The van der Waals surface area contributed by atoms with Crippen molar-refractivity contribution in [3.63, 3.8) is 0 Å². The number of imide groups is 1. The summed E-state index contributed by atoms with van der Waals surface area (Å²) in [5, 5.41) is 9.03. The first-order valence-corrected chi connectivity index (χ1v) is 8.07. The molecule has 2 aliphatic carbocycles. The minimum Gasteiger partial charge on any atom is -0.480 e. The summed E-state index contributed by atoms with van der Waals surface area (Å²) in [5.41, 5.74) is 0. The molecule has 5 nitrogen and oxygen atoms in total. The monoisotopic (exact) mass is 393 g/mol. The van der Waals surface area contributed by atoms with E-state index in [2.05, 4.69) is 31.9 Å². The molecular weight excluding hydrogens is 382 g/mol. The van der Waals surface area contributed by atoms with Crippen LogP contribution in [0.1, 0.15) is 13.3 Å². The zero-order chi connectivity index (χ0) is 14.1. The fourth-order valence-electron chi connectivity index (χ4n) is 3.86. The Morgan fingerprint density at radius 2 is 1.63 bits per heavy atom. The first-order valence-electron chi connectivity index (χ1n) is 6.24. The van der Waals surface area contributed by atoms with E-state index in [9.17, 15) is 14.4 Å². The second-order valence-corrected chi connectivity index (χ2v) is 7.68. The first kappa shape index (κ1) is 13.5. The standard InChI is InChI=1S/C12H13Br2NO4/c1-3(12(18)19)15-10(16)6-4-2-5(7(6)11(15)17)9(14)8(4)13/h3-9H,2H2,1H3,(H,18,19)/t3-,4-,5-,6-,7+,8-,9+/m1/s1. The molecule has 0 radical (unpaired) electrons. The number of halogens is 2. The third-order valence-electron chi connectivity index (χ3n) is 4.77. The van der Waals surface area contributed by atoms with Crippen molar-refractivity contribution in [3.8, 4) is 0 Å². The van der Waals surface area contributed by atoms with Gasteiger partial charge in [-0.3, -0.25) is 14.5 Å². The summed E-state index contributed by atoms with van der Waals surface area (Å²) in [6.45, 7) is 1.39. The summed E-state index contributed by atoms with van der Waals surface area (Å²) in [7, 11) is 0. The smallest absolute Gasteiger partial charge is 0.326 e. The molecule has 104 valence electrons. The zero-order valence-electron chi connectivity index (χ0n) is 10.1. The molecule has 0 spiro atoms. The van der Waals surface area contributed by atoms with Crippen LogP contribution in [0.5, 0.6) is 0 Å². The zero-order valence-corrected chi connectivity index (χ0v) is 13.3. The van der Waals surface area contributed by atoms with E-state index in [0.717, 1.165) is 11.3 Å². The number of alkyl halides is 2. The Hall–Kier alpha value is -0.430. The molecule has 3 aliphatic rings. The fourth-order valence-corrected chi connectivity index (χ4v) is 5.74. The quantitative estimate of drug-likeness (QED) is 0.564. The number of carbonyl (C=O) groups is 3. The van der Waals surface area contributed by atoms with E-state index in [1.165, 1.54) is 6.92 Å². The average Bonchev–Trinajstić information content (AvgIpc) is 2.94. The molecule has 3 fully saturated rings. The van der Waals surface area contributed by atoms with E-state index < -0.39 is 12.0 Å². The number of nitrogens with zero attached hydrogens (tertiary/aromatic N) is 1. The number of aliphatic carboxylic acids is 1. The van der Waals surface area contributed by atoms with E-state index in [-0.39, 0.29) is 45.1 Å². The SMILES string of the molecule is C[C@H](C(=O)O)N1C(=O)[C@@H]2[C@H]3C[C@@H]([C@H](Br)[C@@H]3Br)[C@@H]2C1=O. The van der Waals surface area contributed by atoms with Crippen molar-refractivity contribution < 1.29 is 19.5 Å². The van der Waals surface area contributed by atoms with Crippen LogP contribution in [0.4, 0.5) is 0 Å². The molecule has 1 N–H and O–H groups in total. The van der Waals surface area contributed by atoms with Crippen LogP contribution in [0.15, 0.2) is 0 Å². The van der Waals surface area contributed by atoms with Gasteiger partial charge in [0.2, 0.25) is 11.8 Å². The second-order valence-electron chi connectivity index (χ2n) is 5.56. The lowest BCUT2D eigenvalue weighted by atomic mass is 9.81. The molecule has 2 amide bonds. The van der Waals surface area contributed by atoms with E-state index in [0.29, 0.717) is 0 Å². The van der Waals surface area contributed by atoms with Gasteiger partial charge in [-0.25, -0.2) is 4.79 Å². The number of likely N-dealkylation sites (tertiary alicyclic amines) is 1. The summed E-state index contributed by atoms with van der Waals surface area (Å²) in [6, 6.07) is -1.08. The number of hydrogen-bond acceptors (Lipinski definition) is 3. The van der Waals surface area contributed by atoms with Crippen molar-refractivity contribution in [2.24, 2.45) is 23.7 Å². The highest BCUT2D eigenvalue weighted by molar-refractivity contribution is 9.12. The number of amides is 2. The third-order valence-corrected chi connectivity index (χ3v) is 7.97. The van der Waals surface area contributed by atoms with Crippen molar-refractivity contribution in [2.75, 3.05) is 0 Å². The van der Waals surface area contributed by atoms with Crippen LogP contribution in [0, 0.1) is 23.7 Å². The third kappa shape index (κ3) is 1.60. The highest BCUT2D eigenvalue weighted by Crippen LogP contribution is 2.60. The van der Waals surface area contributed by atoms with Crippen molar-refractivity contribution in [2.45, 2.75) is 29.0 Å². The largest absolute Gasteiger partial charge is 0.480 e. The van der Waals surface area contributed by atoms with E-state index in [1.807, 2.05) is 0 Å². The van der Waals surface area contributed by atoms with Crippen LogP contribution < -0.4 is 0 Å². The lowest BCUT2D eigenvalue weighted by molar-refractivity contribution is -0.154. The topological polar surface area (TPSA) is 74.7 Å². The van der Waals surface area contributed by atoms with E-state index in [4.69, 9.17) is 5.11 Å². The highest BCUT2D eigenvalue weighted by atomic mass is 79.9. The molecule has 0 aromatic heterocycles. The fraction of sp³-hybridized carbons (Fsp3) is 0.750. The van der Waals surface area contributed by atoms with Gasteiger partial charge < -0.3 is 5.11 Å². The van der Waals surface area contributed by atoms with Crippen LogP contribution in [0.3, 0.4) is 0 Å². The Morgan fingerprint density at radius 3 is 2.00 bits per heavy atom. The molecule has 0 unspecified atom stereocenters. The minimum atomic E-state index is -1.14. The van der Waals surface area contributed by atoms with Crippen LogP contribution in [0.2, 0.25) is 0 Å². The summed E-state index contributed by atoms with van der Waals surface area (Å²) in [5.74, 6) is -2.17. The number of carboxylic acid groups (broad SMARTS) is 1. The lowest BCUT2D eigenvalue weighted by Crippen LogP contribution is -2.44. The summed E-state index contributed by atoms with van der Waals surface area (Å²) in [4.78, 5) is 37.1. The normalized spacial score (nSPS) is 45.7. The maximum atomic E-state index is 12.4. The van der Waals surface area contributed by atoms with Gasteiger partial charge in [0, 0.05) is 9.65 Å². The van der Waals surface area contributed by atoms with Crippen LogP contribution >= 0.6 is 31.9 Å². The van der Waals surface area contributed by atoms with Gasteiger partial charge in [0.1, 0.15) is 6.04 Å². The molecule has 2 bridgehead atoms. The van der Waals surface area contributed by atoms with Gasteiger partial charge in [-0.1, -0.05) is 31.9 Å². The van der Waals surface area contributed by atoms with Gasteiger partial charge in [-0.05, 0) is 25.2 Å². The van der Waals surface area contributed by atoms with Gasteiger partial charge in [0.15, 0.2) is 0 Å². The number of carbonyl (C=O) groups excluding carboxylic acids is 2. The molecule has 1 saturated heterocycles. The van der Waals surface area contributed by atoms with Gasteiger partial charge in [-0.2, -0.15) is 0 Å². The first-order chi connectivity index (χ1) is 8.86. The van der Waals surface area contributed by atoms with Crippen molar-refractivity contribution in [1.82, 2.24) is 4.90 Å². The average molecular weight is 395 g/mol. The molecular formula is C12H13Br2NO4. The molecule has 1 aliphatic heterocycles. The molecule has 7 heteroatoms. The maximum Gasteiger partial charge on any atom is 0.326 e. The van der Waals surface area contributed by atoms with Gasteiger partial charge >= 0.3 is 5.97 Å². The summed E-state index contributed by atoms with van der Waals surface area (Å²) < 4.78 is 0. The Kier molecular flexibility index (Phi) is 3.05. The Morgan fingerprint density at radius 1 is 1.21 bits per heavy atom. The molecule has 2 saturated carbocycles. The van der Waals surface area contributed by atoms with Crippen molar-refractivity contribution in [1.29, 1.82) is 0 Å². The number of rotatable bonds is 2. The molecule has 3 rings (SSSR count). The number of fused-ring (bicyclic) bond motifs is 5. The van der Waals surface area contributed by atoms with Gasteiger partial charge in [0.25, 0.3) is 0 Å². The second kappa shape index (κ2) is 4.28. The van der Waals surface area contributed by atoms with Crippen LogP contribution in [-0.2, 0) is 14.4 Å². The lowest BCUT2D eigenvalue weighted by Gasteiger charge is -2.28. The van der Waals surface area contributed by atoms with Crippen LogP contribution in [-0.4, -0.2) is 43.5 Å². The van der Waals surface area contributed by atoms with Gasteiger partial charge in [0.05, 0.1) is 11.8 Å². The number of hydrogen-bond donors (Lipinski definition) is 1. The van der Waals surface area contributed by atoms with Gasteiger partial charge in [-0.15, -0.1) is 0 Å². The molecule has 19 heavy (non-hydrogen) atoms. The van der Waals surface area contributed by atoms with Crippen LogP contribution in [0.25, 0.3) is 0 Å². The van der Waals surface area contributed by atoms with E-state index >= 15 is 0 Å². The van der Waals surface area contributed by atoms with Crippen molar-refractivity contribution in [3.05, 3.63) is 0 Å². The molecule has 1 heterocycles. The Labute approximate surface area is 127 Å². The number of carboxylic acids is 1. The molecule has 0 aromatic rings. The highest BCUT2D eigenvalue weighted by Gasteiger charge is 2.67. The summed E-state index contributed by atoms with van der Waals surface area (Å²) in [6.07, 6.45) is 0.855. The Balaban J connectivity index is 1.95. The summed E-state index contributed by atoms with van der Waals surface area (Å²) >= 11 is 7.17. The maximum absolute atomic E-state index is 12.4. The predicted octanol–water partition coefficient (Wildman–Crippen LogP) is 1.24. The minimum absolute atomic E-state index is 0.127. The van der Waals surface area contributed by atoms with Crippen molar-refractivity contribution >= 4 is 49.6 Å². The molecule has 0 aromatic carbocycles. The predicted molar refractivity (Wildman–Crippen MR) is 73.0 cm³/mol. The molecule has 7 atom stereocenters. The van der Waals surface area contributed by atoms with E-state index in [1.54, 1.807) is 0 Å².